The van der Waals surface area contributed by atoms with Gasteiger partial charge in [0.2, 0.25) is 40.7 Å². The van der Waals surface area contributed by atoms with Crippen molar-refractivity contribution in [1.29, 1.82) is 0 Å². The number of hydrogen-bond donors (Lipinski definition) is 1. The standard InChI is InChI=1S/C23H24F5NO5/c1-3-32-16(33-4-2)12-29-15(30)11-10-14(13-8-6-5-7-9-13)23(31)34-22-20(27)18(25)17(24)19(26)21(22)28/h5-9,14,16H,3-4,10-12H2,1-2H3,(H,29,30). The van der Waals surface area contributed by atoms with Gasteiger partial charge in [-0.15, -0.1) is 0 Å². The van der Waals surface area contributed by atoms with Crippen LogP contribution in [0.15, 0.2) is 30.3 Å². The van der Waals surface area contributed by atoms with E-state index in [0.717, 1.165) is 0 Å². The molecule has 0 radical (unpaired) electrons. The number of amides is 1. The number of nitrogens with one attached hydrogen (secondary N) is 1. The van der Waals surface area contributed by atoms with E-state index in [0.29, 0.717) is 18.8 Å². The normalized spacial score (nSPS) is 12.0. The molecule has 2 aromatic carbocycles. The molecule has 0 bridgehead atoms. The molecular weight excluding hydrogens is 465 g/mol. The maximum atomic E-state index is 14.0. The molecule has 0 spiro atoms. The van der Waals surface area contributed by atoms with Crippen molar-refractivity contribution in [2.45, 2.75) is 38.9 Å². The van der Waals surface area contributed by atoms with Crippen LogP contribution in [0.4, 0.5) is 22.0 Å². The average molecular weight is 489 g/mol. The molecule has 1 unspecified atom stereocenters. The molecule has 1 amide bonds. The van der Waals surface area contributed by atoms with E-state index < -0.39 is 58.9 Å². The molecule has 11 heteroatoms. The maximum Gasteiger partial charge on any atom is 0.319 e. The van der Waals surface area contributed by atoms with Crippen molar-refractivity contribution in [1.82, 2.24) is 5.32 Å². The van der Waals surface area contributed by atoms with E-state index in [1.165, 1.54) is 12.1 Å². The Morgan fingerprint density at radius 2 is 1.38 bits per heavy atom. The number of ether oxygens (including phenoxy) is 3. The molecule has 0 aliphatic heterocycles. The third kappa shape index (κ3) is 6.97. The first-order valence-corrected chi connectivity index (χ1v) is 10.5. The molecule has 0 saturated heterocycles. The highest BCUT2D eigenvalue weighted by Gasteiger charge is 2.31. The van der Waals surface area contributed by atoms with Gasteiger partial charge in [0.1, 0.15) is 0 Å². The fourth-order valence-corrected chi connectivity index (χ4v) is 3.05. The van der Waals surface area contributed by atoms with E-state index in [2.05, 4.69) is 10.1 Å². The summed E-state index contributed by atoms with van der Waals surface area (Å²) < 4.78 is 83.3. The predicted molar refractivity (Wildman–Crippen MR) is 110 cm³/mol. The first-order valence-electron chi connectivity index (χ1n) is 10.5. The number of hydrogen-bond acceptors (Lipinski definition) is 5. The van der Waals surface area contributed by atoms with Gasteiger partial charge in [0, 0.05) is 19.6 Å². The molecule has 0 aromatic heterocycles. The summed E-state index contributed by atoms with van der Waals surface area (Å²) in [5.74, 6) is -16.1. The number of halogens is 5. The lowest BCUT2D eigenvalue weighted by atomic mass is 9.94. The van der Waals surface area contributed by atoms with Gasteiger partial charge in [0.25, 0.3) is 0 Å². The monoisotopic (exact) mass is 489 g/mol. The highest BCUT2D eigenvalue weighted by molar-refractivity contribution is 5.82. The fraction of sp³-hybridized carbons (Fsp3) is 0.391. The summed E-state index contributed by atoms with van der Waals surface area (Å²) in [6.45, 7) is 4.29. The number of rotatable bonds is 12. The first-order chi connectivity index (χ1) is 16.2. The van der Waals surface area contributed by atoms with Gasteiger partial charge in [-0.25, -0.2) is 13.2 Å². The lowest BCUT2D eigenvalue weighted by Crippen LogP contribution is -2.35. The summed E-state index contributed by atoms with van der Waals surface area (Å²) in [6.07, 6.45) is -1.04. The Bertz CT molecular complexity index is 954. The minimum Gasteiger partial charge on any atom is -0.420 e. The van der Waals surface area contributed by atoms with Crippen molar-refractivity contribution < 1.29 is 45.8 Å². The molecule has 2 aromatic rings. The summed E-state index contributed by atoms with van der Waals surface area (Å²) in [5.41, 5.74) is 0.325. The fourth-order valence-electron chi connectivity index (χ4n) is 3.05. The third-order valence-electron chi connectivity index (χ3n) is 4.69. The average Bonchev–Trinajstić information content (AvgIpc) is 2.83. The predicted octanol–water partition coefficient (Wildman–Crippen LogP) is 4.37. The van der Waals surface area contributed by atoms with Crippen LogP contribution in [0.25, 0.3) is 0 Å². The zero-order valence-corrected chi connectivity index (χ0v) is 18.5. The van der Waals surface area contributed by atoms with Crippen LogP contribution in [0.5, 0.6) is 5.75 Å². The Kier molecular flexibility index (Phi) is 10.4. The second kappa shape index (κ2) is 13.0. The topological polar surface area (TPSA) is 73.9 Å². The number of esters is 1. The van der Waals surface area contributed by atoms with Gasteiger partial charge in [0.05, 0.1) is 12.5 Å². The van der Waals surface area contributed by atoms with E-state index in [4.69, 9.17) is 9.47 Å². The van der Waals surface area contributed by atoms with Crippen LogP contribution >= 0.6 is 0 Å². The highest BCUT2D eigenvalue weighted by Crippen LogP contribution is 2.31. The van der Waals surface area contributed by atoms with Gasteiger partial charge in [-0.1, -0.05) is 30.3 Å². The van der Waals surface area contributed by atoms with E-state index in [1.807, 2.05) is 0 Å². The molecule has 0 saturated carbocycles. The molecule has 0 aliphatic carbocycles. The summed E-state index contributed by atoms with van der Waals surface area (Å²) in [7, 11) is 0. The van der Waals surface area contributed by atoms with Crippen LogP contribution < -0.4 is 10.1 Å². The van der Waals surface area contributed by atoms with Crippen molar-refractivity contribution in [3.8, 4) is 5.75 Å². The minimum atomic E-state index is -2.37. The molecule has 1 atom stereocenters. The molecule has 1 N–H and O–H groups in total. The SMILES string of the molecule is CCOC(CNC(=O)CCC(C(=O)Oc1c(F)c(F)c(F)c(F)c1F)c1ccccc1)OCC. The van der Waals surface area contributed by atoms with E-state index >= 15 is 0 Å². The van der Waals surface area contributed by atoms with Gasteiger partial charge in [-0.3, -0.25) is 9.59 Å². The second-order valence-electron chi connectivity index (χ2n) is 6.97. The Hall–Kier alpha value is -3.05. The molecule has 6 nitrogen and oxygen atoms in total. The lowest BCUT2D eigenvalue weighted by molar-refractivity contribution is -0.141. The minimum absolute atomic E-state index is 0.0471. The molecular formula is C23H24F5NO5. The number of carbonyl (C=O) groups excluding carboxylic acids is 2. The van der Waals surface area contributed by atoms with Crippen LogP contribution in [-0.4, -0.2) is 37.9 Å². The van der Waals surface area contributed by atoms with Crippen molar-refractivity contribution >= 4 is 11.9 Å². The van der Waals surface area contributed by atoms with E-state index in [9.17, 15) is 31.5 Å². The molecule has 34 heavy (non-hydrogen) atoms. The van der Waals surface area contributed by atoms with E-state index in [-0.39, 0.29) is 19.4 Å². The Labute approximate surface area is 193 Å². The Morgan fingerprint density at radius 3 is 1.91 bits per heavy atom. The largest absolute Gasteiger partial charge is 0.420 e. The van der Waals surface area contributed by atoms with Gasteiger partial charge < -0.3 is 19.5 Å². The zero-order valence-electron chi connectivity index (χ0n) is 18.5. The third-order valence-corrected chi connectivity index (χ3v) is 4.69. The molecule has 0 fully saturated rings. The number of carbonyl (C=O) groups is 2. The van der Waals surface area contributed by atoms with Crippen LogP contribution in [0.2, 0.25) is 0 Å². The molecule has 0 heterocycles. The molecule has 2 rings (SSSR count). The Morgan fingerprint density at radius 1 is 0.853 bits per heavy atom. The summed E-state index contributed by atoms with van der Waals surface area (Å²) in [5, 5.41) is 2.59. The quantitative estimate of drug-likeness (QED) is 0.120. The summed E-state index contributed by atoms with van der Waals surface area (Å²) in [6, 6.07) is 7.79. The maximum absolute atomic E-state index is 14.0. The smallest absolute Gasteiger partial charge is 0.319 e. The molecule has 186 valence electrons. The van der Waals surface area contributed by atoms with Gasteiger partial charge in [0.15, 0.2) is 6.29 Å². The van der Waals surface area contributed by atoms with Crippen molar-refractivity contribution in [2.75, 3.05) is 19.8 Å². The highest BCUT2D eigenvalue weighted by atomic mass is 19.2. The summed E-state index contributed by atoms with van der Waals surface area (Å²) >= 11 is 0. The first kappa shape index (κ1) is 27.2. The van der Waals surface area contributed by atoms with Crippen LogP contribution in [0.3, 0.4) is 0 Å². The van der Waals surface area contributed by atoms with Gasteiger partial charge >= 0.3 is 5.97 Å². The van der Waals surface area contributed by atoms with Gasteiger partial charge in [-0.05, 0) is 25.8 Å². The Balaban J connectivity index is 2.15. The van der Waals surface area contributed by atoms with Crippen molar-refractivity contribution in [3.05, 3.63) is 65.0 Å². The molecule has 0 aliphatic rings. The van der Waals surface area contributed by atoms with Gasteiger partial charge in [-0.2, -0.15) is 8.78 Å². The van der Waals surface area contributed by atoms with Crippen LogP contribution in [-0.2, 0) is 19.1 Å². The zero-order chi connectivity index (χ0) is 25.3. The van der Waals surface area contributed by atoms with Crippen LogP contribution in [0, 0.1) is 29.1 Å². The second-order valence-corrected chi connectivity index (χ2v) is 6.97. The van der Waals surface area contributed by atoms with E-state index in [1.54, 1.807) is 32.0 Å². The lowest BCUT2D eigenvalue weighted by Gasteiger charge is -2.19. The number of benzene rings is 2. The van der Waals surface area contributed by atoms with Crippen molar-refractivity contribution in [2.24, 2.45) is 0 Å². The van der Waals surface area contributed by atoms with Crippen molar-refractivity contribution in [3.63, 3.8) is 0 Å². The summed E-state index contributed by atoms with van der Waals surface area (Å²) in [4.78, 5) is 25.0. The van der Waals surface area contributed by atoms with Crippen LogP contribution in [0.1, 0.15) is 38.2 Å².